The van der Waals surface area contributed by atoms with Gasteiger partial charge in [-0.2, -0.15) is 0 Å². The minimum Gasteiger partial charge on any atom is -0.444 e. The summed E-state index contributed by atoms with van der Waals surface area (Å²) in [7, 11) is 0. The van der Waals surface area contributed by atoms with Gasteiger partial charge in [0.2, 0.25) is 5.91 Å². The van der Waals surface area contributed by atoms with Gasteiger partial charge in [0.05, 0.1) is 0 Å². The number of nitrogens with one attached hydrogen (secondary N) is 2. The van der Waals surface area contributed by atoms with Crippen molar-refractivity contribution < 1.29 is 18.7 Å². The number of hydrazine groups is 1. The van der Waals surface area contributed by atoms with Gasteiger partial charge in [0.1, 0.15) is 17.5 Å². The molecule has 2 saturated heterocycles. The fourth-order valence-corrected chi connectivity index (χ4v) is 3.29. The lowest BCUT2D eigenvalue weighted by Gasteiger charge is -2.36. The third-order valence-corrected chi connectivity index (χ3v) is 4.72. The van der Waals surface area contributed by atoms with E-state index >= 15 is 0 Å². The highest BCUT2D eigenvalue weighted by atomic mass is 19.1. The van der Waals surface area contributed by atoms with Gasteiger partial charge in [-0.05, 0) is 44.9 Å². The van der Waals surface area contributed by atoms with Gasteiger partial charge < -0.3 is 14.5 Å². The van der Waals surface area contributed by atoms with E-state index in [1.807, 2.05) is 20.8 Å². The predicted octanol–water partition coefficient (Wildman–Crippen LogP) is 1.81. The zero-order chi connectivity index (χ0) is 19.6. The number of rotatable bonds is 2. The van der Waals surface area contributed by atoms with Gasteiger partial charge in [-0.1, -0.05) is 12.1 Å². The Morgan fingerprint density at radius 1 is 1.04 bits per heavy atom. The summed E-state index contributed by atoms with van der Waals surface area (Å²) in [5.41, 5.74) is 6.56. The number of halogens is 1. The van der Waals surface area contributed by atoms with Crippen LogP contribution >= 0.6 is 0 Å². The van der Waals surface area contributed by atoms with E-state index in [0.717, 1.165) is 5.56 Å². The summed E-state index contributed by atoms with van der Waals surface area (Å²) in [4.78, 5) is 28.3. The smallest absolute Gasteiger partial charge is 0.410 e. The predicted molar refractivity (Wildman–Crippen MR) is 98.2 cm³/mol. The summed E-state index contributed by atoms with van der Waals surface area (Å²) in [5, 5.41) is 0. The van der Waals surface area contributed by atoms with Crippen LogP contribution in [0.1, 0.15) is 38.8 Å². The molecule has 1 aromatic carbocycles. The lowest BCUT2D eigenvalue weighted by molar-refractivity contribution is -0.135. The number of piperazine rings is 1. The van der Waals surface area contributed by atoms with E-state index < -0.39 is 5.60 Å². The lowest BCUT2D eigenvalue weighted by Crippen LogP contribution is -2.55. The average molecular weight is 378 g/mol. The Hall–Kier alpha value is -2.19. The second-order valence-corrected chi connectivity index (χ2v) is 7.97. The summed E-state index contributed by atoms with van der Waals surface area (Å²) >= 11 is 0. The Kier molecular flexibility index (Phi) is 5.67. The highest BCUT2D eigenvalue weighted by Gasteiger charge is 2.35. The second kappa shape index (κ2) is 7.82. The van der Waals surface area contributed by atoms with E-state index in [-0.39, 0.29) is 29.9 Å². The van der Waals surface area contributed by atoms with E-state index in [1.165, 1.54) is 12.1 Å². The van der Waals surface area contributed by atoms with Crippen molar-refractivity contribution in [3.63, 3.8) is 0 Å². The third-order valence-electron chi connectivity index (χ3n) is 4.72. The maximum absolute atomic E-state index is 13.1. The number of carbonyl (C=O) groups excluding carboxylic acids is 2. The van der Waals surface area contributed by atoms with E-state index in [2.05, 4.69) is 10.9 Å². The minimum absolute atomic E-state index is 0.0101. The van der Waals surface area contributed by atoms with Crippen LogP contribution in [0.15, 0.2) is 24.3 Å². The summed E-state index contributed by atoms with van der Waals surface area (Å²) in [5.74, 6) is -0.267. The number of hydrogen-bond acceptors (Lipinski definition) is 5. The molecule has 2 N–H and O–H groups in total. The molecule has 148 valence electrons. The molecule has 0 aromatic heterocycles. The van der Waals surface area contributed by atoms with Gasteiger partial charge in [-0.3, -0.25) is 4.79 Å². The Balaban J connectivity index is 1.50. The summed E-state index contributed by atoms with van der Waals surface area (Å²) in [6.07, 6.45) is 0.253. The molecular weight excluding hydrogens is 351 g/mol. The Morgan fingerprint density at radius 3 is 2.22 bits per heavy atom. The van der Waals surface area contributed by atoms with Crippen LogP contribution in [0.2, 0.25) is 0 Å². The normalized spacial score (nSPS) is 23.4. The van der Waals surface area contributed by atoms with E-state index in [9.17, 15) is 14.0 Å². The van der Waals surface area contributed by atoms with Crippen molar-refractivity contribution >= 4 is 12.0 Å². The molecule has 2 amide bonds. The number of amides is 2. The molecule has 2 aliphatic rings. The first-order valence-corrected chi connectivity index (χ1v) is 9.26. The summed E-state index contributed by atoms with van der Waals surface area (Å²) < 4.78 is 18.4. The number of hydrogen-bond donors (Lipinski definition) is 2. The molecule has 8 heteroatoms. The summed E-state index contributed by atoms with van der Waals surface area (Å²) in [6, 6.07) is 5.91. The number of ether oxygens (including phenoxy) is 1. The minimum atomic E-state index is -0.529. The van der Waals surface area contributed by atoms with Gasteiger partial charge >= 0.3 is 6.09 Å². The molecule has 0 spiro atoms. The van der Waals surface area contributed by atoms with Crippen LogP contribution in [0.3, 0.4) is 0 Å². The van der Waals surface area contributed by atoms with Crippen molar-refractivity contribution in [2.24, 2.45) is 0 Å². The first kappa shape index (κ1) is 19.6. The fourth-order valence-electron chi connectivity index (χ4n) is 3.29. The second-order valence-electron chi connectivity index (χ2n) is 7.97. The van der Waals surface area contributed by atoms with Crippen molar-refractivity contribution in [1.29, 1.82) is 0 Å². The van der Waals surface area contributed by atoms with Gasteiger partial charge in [0.15, 0.2) is 0 Å². The van der Waals surface area contributed by atoms with E-state index in [4.69, 9.17) is 4.74 Å². The molecule has 7 nitrogen and oxygen atoms in total. The van der Waals surface area contributed by atoms with Crippen LogP contribution in [0.25, 0.3) is 0 Å². The molecule has 2 aliphatic heterocycles. The molecular formula is C19H27FN4O3. The zero-order valence-electron chi connectivity index (χ0n) is 16.0. The zero-order valence-corrected chi connectivity index (χ0v) is 16.0. The van der Waals surface area contributed by atoms with Crippen molar-refractivity contribution in [1.82, 2.24) is 20.7 Å². The van der Waals surface area contributed by atoms with Crippen molar-refractivity contribution in [2.75, 3.05) is 26.2 Å². The maximum Gasteiger partial charge on any atom is 0.410 e. The fraction of sp³-hybridized carbons (Fsp3) is 0.579. The standard InChI is InChI=1S/C19H27FN4O3/c1-19(2,3)27-18(26)24-10-8-23(9-11-24)17(25)16-12-15(21-22-16)13-4-6-14(20)7-5-13/h4-7,15-16,21-22H,8-12H2,1-3H3. The molecule has 2 heterocycles. The van der Waals surface area contributed by atoms with Crippen molar-refractivity contribution in [2.45, 2.75) is 44.9 Å². The number of benzene rings is 1. The highest BCUT2D eigenvalue weighted by Crippen LogP contribution is 2.23. The molecule has 0 radical (unpaired) electrons. The van der Waals surface area contributed by atoms with E-state index in [1.54, 1.807) is 21.9 Å². The van der Waals surface area contributed by atoms with Crippen LogP contribution in [-0.2, 0) is 9.53 Å². The van der Waals surface area contributed by atoms with Crippen LogP contribution in [0.4, 0.5) is 9.18 Å². The molecule has 0 aliphatic carbocycles. The molecule has 27 heavy (non-hydrogen) atoms. The number of carbonyl (C=O) groups is 2. The third kappa shape index (κ3) is 4.95. The quantitative estimate of drug-likeness (QED) is 0.821. The van der Waals surface area contributed by atoms with Crippen LogP contribution in [0.5, 0.6) is 0 Å². The molecule has 0 bridgehead atoms. The molecule has 1 aromatic rings. The van der Waals surface area contributed by atoms with E-state index in [0.29, 0.717) is 32.6 Å². The number of nitrogens with zero attached hydrogens (tertiary/aromatic N) is 2. The SMILES string of the molecule is CC(C)(C)OC(=O)N1CCN(C(=O)C2CC(c3ccc(F)cc3)NN2)CC1. The van der Waals surface area contributed by atoms with Gasteiger partial charge in [0.25, 0.3) is 0 Å². The van der Waals surface area contributed by atoms with Gasteiger partial charge in [-0.15, -0.1) is 0 Å². The Bertz CT molecular complexity index is 681. The molecule has 2 atom stereocenters. The Morgan fingerprint density at radius 2 is 1.63 bits per heavy atom. The topological polar surface area (TPSA) is 73.9 Å². The maximum atomic E-state index is 13.1. The first-order valence-electron chi connectivity index (χ1n) is 9.26. The van der Waals surface area contributed by atoms with Crippen LogP contribution in [0, 0.1) is 5.82 Å². The molecule has 0 saturated carbocycles. The van der Waals surface area contributed by atoms with Crippen LogP contribution in [-0.4, -0.2) is 59.6 Å². The van der Waals surface area contributed by atoms with Gasteiger partial charge in [0, 0.05) is 32.2 Å². The van der Waals surface area contributed by atoms with Crippen molar-refractivity contribution in [3.05, 3.63) is 35.6 Å². The summed E-state index contributed by atoms with van der Waals surface area (Å²) in [6.45, 7) is 7.39. The highest BCUT2D eigenvalue weighted by molar-refractivity contribution is 5.82. The molecule has 2 fully saturated rings. The average Bonchev–Trinajstić information content (AvgIpc) is 3.10. The molecule has 3 rings (SSSR count). The Labute approximate surface area is 158 Å². The first-order chi connectivity index (χ1) is 12.7. The van der Waals surface area contributed by atoms with Crippen LogP contribution < -0.4 is 10.9 Å². The lowest BCUT2D eigenvalue weighted by atomic mass is 10.0. The largest absolute Gasteiger partial charge is 0.444 e. The van der Waals surface area contributed by atoms with Gasteiger partial charge in [-0.25, -0.2) is 20.0 Å². The van der Waals surface area contributed by atoms with Crippen molar-refractivity contribution in [3.8, 4) is 0 Å². The monoisotopic (exact) mass is 378 g/mol. The molecule has 2 unspecified atom stereocenters.